The third-order valence-corrected chi connectivity index (χ3v) is 4.41. The second kappa shape index (κ2) is 8.25. The molecule has 0 saturated carbocycles. The Morgan fingerprint density at radius 2 is 2.18 bits per heavy atom. The van der Waals surface area contributed by atoms with Crippen LogP contribution in [0.4, 0.5) is 0 Å². The smallest absolute Gasteiger partial charge is 0.222 e. The maximum atomic E-state index is 12.3. The lowest BCUT2D eigenvalue weighted by Gasteiger charge is -2.32. The molecule has 1 fully saturated rings. The summed E-state index contributed by atoms with van der Waals surface area (Å²) < 4.78 is 5.37. The number of rotatable bonds is 6. The first-order valence-electron chi connectivity index (χ1n) is 8.03. The predicted octanol–water partition coefficient (Wildman–Crippen LogP) is 1.85. The minimum Gasteiger partial charge on any atom is -0.379 e. The van der Waals surface area contributed by atoms with Crippen LogP contribution in [0.3, 0.4) is 0 Å². The molecule has 0 N–H and O–H groups in total. The van der Waals surface area contributed by atoms with Crippen molar-refractivity contribution in [3.8, 4) is 0 Å². The molecule has 5 nitrogen and oxygen atoms in total. The fourth-order valence-electron chi connectivity index (χ4n) is 2.75. The lowest BCUT2D eigenvalue weighted by atomic mass is 10.1. The van der Waals surface area contributed by atoms with Crippen LogP contribution in [0.2, 0.25) is 0 Å². The van der Waals surface area contributed by atoms with Gasteiger partial charge < -0.3 is 9.64 Å². The Labute approximate surface area is 133 Å². The van der Waals surface area contributed by atoms with Crippen molar-refractivity contribution in [1.82, 2.24) is 14.8 Å². The number of carbonyl (C=O) groups is 1. The molecule has 0 bridgehead atoms. The van der Waals surface area contributed by atoms with E-state index in [4.69, 9.17) is 4.74 Å². The van der Waals surface area contributed by atoms with E-state index in [1.54, 1.807) is 6.20 Å². The molecule has 1 aromatic heterocycles. The Morgan fingerprint density at radius 3 is 2.86 bits per heavy atom. The van der Waals surface area contributed by atoms with Crippen molar-refractivity contribution < 1.29 is 9.53 Å². The van der Waals surface area contributed by atoms with E-state index in [1.165, 1.54) is 0 Å². The second-order valence-electron chi connectivity index (χ2n) is 6.09. The van der Waals surface area contributed by atoms with Gasteiger partial charge in [-0.1, -0.05) is 0 Å². The number of aromatic nitrogens is 1. The van der Waals surface area contributed by atoms with Crippen molar-refractivity contribution in [2.45, 2.75) is 39.3 Å². The summed E-state index contributed by atoms with van der Waals surface area (Å²) in [6.45, 7) is 8.44. The highest BCUT2D eigenvalue weighted by atomic mass is 16.5. The van der Waals surface area contributed by atoms with Crippen LogP contribution in [-0.2, 0) is 16.1 Å². The van der Waals surface area contributed by atoms with E-state index in [-0.39, 0.29) is 5.91 Å². The summed E-state index contributed by atoms with van der Waals surface area (Å²) in [4.78, 5) is 20.6. The van der Waals surface area contributed by atoms with E-state index in [0.717, 1.165) is 43.9 Å². The van der Waals surface area contributed by atoms with Gasteiger partial charge in [0.15, 0.2) is 0 Å². The van der Waals surface area contributed by atoms with Gasteiger partial charge in [-0.25, -0.2) is 0 Å². The molecule has 1 aromatic rings. The molecular weight excluding hydrogens is 278 g/mol. The van der Waals surface area contributed by atoms with E-state index >= 15 is 0 Å². The number of amides is 1. The fraction of sp³-hybridized carbons (Fsp3) is 0.647. The zero-order chi connectivity index (χ0) is 15.9. The summed E-state index contributed by atoms with van der Waals surface area (Å²) in [7, 11) is 1.88. The largest absolute Gasteiger partial charge is 0.379 e. The number of hydrogen-bond acceptors (Lipinski definition) is 4. The highest BCUT2D eigenvalue weighted by Gasteiger charge is 2.19. The van der Waals surface area contributed by atoms with Gasteiger partial charge in [0.2, 0.25) is 5.91 Å². The van der Waals surface area contributed by atoms with Crippen molar-refractivity contribution in [2.24, 2.45) is 0 Å². The second-order valence-corrected chi connectivity index (χ2v) is 6.09. The van der Waals surface area contributed by atoms with Gasteiger partial charge in [0.05, 0.1) is 13.2 Å². The molecule has 0 spiro atoms. The molecule has 1 saturated heterocycles. The quantitative estimate of drug-likeness (QED) is 0.804. The van der Waals surface area contributed by atoms with Crippen LogP contribution in [-0.4, -0.2) is 60.1 Å². The van der Waals surface area contributed by atoms with E-state index in [1.807, 2.05) is 31.1 Å². The van der Waals surface area contributed by atoms with E-state index in [2.05, 4.69) is 16.8 Å². The summed E-state index contributed by atoms with van der Waals surface area (Å²) in [5, 5.41) is 0. The molecule has 1 atom stereocenters. The Balaban J connectivity index is 1.77. The molecule has 22 heavy (non-hydrogen) atoms. The number of ether oxygens (including phenoxy) is 1. The van der Waals surface area contributed by atoms with Gasteiger partial charge in [0.1, 0.15) is 0 Å². The Hall–Kier alpha value is -1.46. The van der Waals surface area contributed by atoms with Crippen molar-refractivity contribution >= 4 is 5.91 Å². The number of nitrogens with zero attached hydrogens (tertiary/aromatic N) is 3. The lowest BCUT2D eigenvalue weighted by Crippen LogP contribution is -2.42. The third kappa shape index (κ3) is 4.78. The molecule has 5 heteroatoms. The van der Waals surface area contributed by atoms with Crippen molar-refractivity contribution in [1.29, 1.82) is 0 Å². The summed E-state index contributed by atoms with van der Waals surface area (Å²) in [5.74, 6) is 0.205. The van der Waals surface area contributed by atoms with Crippen LogP contribution in [0.25, 0.3) is 0 Å². The standard InChI is InChI=1S/C17H27N3O2/c1-14-12-18-7-6-16(14)13-19(3)17(21)5-4-15(2)20-8-10-22-11-9-20/h6-7,12,15H,4-5,8-11,13H2,1-3H3. The topological polar surface area (TPSA) is 45.7 Å². The van der Waals surface area contributed by atoms with Crippen LogP contribution in [0.15, 0.2) is 18.5 Å². The van der Waals surface area contributed by atoms with E-state index < -0.39 is 0 Å². The molecule has 0 aliphatic carbocycles. The minimum atomic E-state index is 0.205. The molecule has 2 heterocycles. The first kappa shape index (κ1) is 16.9. The van der Waals surface area contributed by atoms with Gasteiger partial charge in [-0.2, -0.15) is 0 Å². The zero-order valence-corrected chi connectivity index (χ0v) is 13.9. The number of pyridine rings is 1. The SMILES string of the molecule is Cc1cnccc1CN(C)C(=O)CCC(C)N1CCOCC1. The average molecular weight is 305 g/mol. The molecule has 0 aromatic carbocycles. The third-order valence-electron chi connectivity index (χ3n) is 4.41. The minimum absolute atomic E-state index is 0.205. The molecule has 122 valence electrons. The van der Waals surface area contributed by atoms with Gasteiger partial charge in [0, 0.05) is 51.5 Å². The monoisotopic (exact) mass is 305 g/mol. The highest BCUT2D eigenvalue weighted by molar-refractivity contribution is 5.75. The lowest BCUT2D eigenvalue weighted by molar-refractivity contribution is -0.130. The normalized spacial score (nSPS) is 17.2. The van der Waals surface area contributed by atoms with Crippen LogP contribution < -0.4 is 0 Å². The number of hydrogen-bond donors (Lipinski definition) is 0. The molecular formula is C17H27N3O2. The van der Waals surface area contributed by atoms with Gasteiger partial charge in [-0.3, -0.25) is 14.7 Å². The van der Waals surface area contributed by atoms with Crippen molar-refractivity contribution in [3.05, 3.63) is 29.6 Å². The number of aryl methyl sites for hydroxylation is 1. The van der Waals surface area contributed by atoms with Crippen molar-refractivity contribution in [2.75, 3.05) is 33.4 Å². The Morgan fingerprint density at radius 1 is 1.45 bits per heavy atom. The highest BCUT2D eigenvalue weighted by Crippen LogP contribution is 2.12. The number of morpholine rings is 1. The zero-order valence-electron chi connectivity index (χ0n) is 13.9. The molecule has 0 radical (unpaired) electrons. The first-order chi connectivity index (χ1) is 10.6. The number of carbonyl (C=O) groups excluding carboxylic acids is 1. The van der Waals surface area contributed by atoms with Gasteiger partial charge in [0.25, 0.3) is 0 Å². The Bertz CT molecular complexity index is 487. The maximum absolute atomic E-state index is 12.3. The average Bonchev–Trinajstić information content (AvgIpc) is 2.55. The van der Waals surface area contributed by atoms with Crippen LogP contribution in [0, 0.1) is 6.92 Å². The maximum Gasteiger partial charge on any atom is 0.222 e. The molecule has 1 amide bonds. The molecule has 1 aliphatic heterocycles. The van der Waals surface area contributed by atoms with Crippen molar-refractivity contribution in [3.63, 3.8) is 0 Å². The summed E-state index contributed by atoms with van der Waals surface area (Å²) in [5.41, 5.74) is 2.29. The predicted molar refractivity (Wildman–Crippen MR) is 86.5 cm³/mol. The van der Waals surface area contributed by atoms with Crippen LogP contribution >= 0.6 is 0 Å². The molecule has 1 aliphatic rings. The van der Waals surface area contributed by atoms with E-state index in [9.17, 15) is 4.79 Å². The van der Waals surface area contributed by atoms with Crippen LogP contribution in [0.5, 0.6) is 0 Å². The van der Waals surface area contributed by atoms with Crippen LogP contribution in [0.1, 0.15) is 30.9 Å². The van der Waals surface area contributed by atoms with Gasteiger partial charge >= 0.3 is 0 Å². The molecule has 1 unspecified atom stereocenters. The van der Waals surface area contributed by atoms with E-state index in [0.29, 0.717) is 19.0 Å². The molecule has 2 rings (SSSR count). The summed E-state index contributed by atoms with van der Waals surface area (Å²) >= 11 is 0. The fourth-order valence-corrected chi connectivity index (χ4v) is 2.75. The first-order valence-corrected chi connectivity index (χ1v) is 8.03. The summed E-state index contributed by atoms with van der Waals surface area (Å²) in [6.07, 6.45) is 5.12. The Kier molecular flexibility index (Phi) is 6.34. The van der Waals surface area contributed by atoms with Gasteiger partial charge in [-0.15, -0.1) is 0 Å². The van der Waals surface area contributed by atoms with Gasteiger partial charge in [-0.05, 0) is 37.5 Å². The summed E-state index contributed by atoms with van der Waals surface area (Å²) in [6, 6.07) is 2.42.